The Morgan fingerprint density at radius 2 is 2.06 bits per heavy atom. The number of likely N-dealkylation sites (N-methyl/N-ethyl adjacent to an activating group) is 1. The smallest absolute Gasteiger partial charge is 0.0169 e. The highest BCUT2D eigenvalue weighted by Crippen LogP contribution is 2.21. The van der Waals surface area contributed by atoms with Crippen molar-refractivity contribution in [2.75, 3.05) is 33.2 Å². The molecule has 0 saturated carbocycles. The van der Waals surface area contributed by atoms with Gasteiger partial charge in [-0.3, -0.25) is 4.90 Å². The fourth-order valence-electron chi connectivity index (χ4n) is 2.10. The predicted octanol–water partition coefficient (Wildman–Crippen LogP) is 2.00. The lowest BCUT2D eigenvalue weighted by Crippen LogP contribution is -2.34. The lowest BCUT2D eigenvalue weighted by molar-refractivity contribution is 0.303. The number of hydrogen-bond acceptors (Lipinski definition) is 2. The first kappa shape index (κ1) is 11.4. The minimum Gasteiger partial charge on any atom is -0.318 e. The topological polar surface area (TPSA) is 15.3 Å². The summed E-state index contributed by atoms with van der Waals surface area (Å²) >= 11 is 0. The maximum Gasteiger partial charge on any atom is 0.0169 e. The van der Waals surface area contributed by atoms with E-state index in [-0.39, 0.29) is 0 Å². The van der Waals surface area contributed by atoms with Crippen LogP contribution in [0.2, 0.25) is 0 Å². The van der Waals surface area contributed by atoms with Crippen molar-refractivity contribution in [1.29, 1.82) is 0 Å². The van der Waals surface area contributed by atoms with Crippen LogP contribution in [0, 0.1) is 0 Å². The Balaban J connectivity index is 1.93. The minimum absolute atomic E-state index is 1.08. The summed E-state index contributed by atoms with van der Waals surface area (Å²) in [6.45, 7) is 4.50. The van der Waals surface area contributed by atoms with Gasteiger partial charge in [-0.1, -0.05) is 36.4 Å². The molecule has 1 aromatic carbocycles. The summed E-state index contributed by atoms with van der Waals surface area (Å²) in [6.07, 6.45) is 3.54. The quantitative estimate of drug-likeness (QED) is 0.828. The third kappa shape index (κ3) is 2.94. The second-order valence-corrected chi connectivity index (χ2v) is 4.25. The second kappa shape index (κ2) is 5.83. The number of rotatable bonds is 4. The molecule has 0 atom stereocenters. The molecule has 1 aliphatic heterocycles. The standard InChI is InChI=1S/C14H20N2/c1-15-9-12-16-10-7-14(8-11-16)13-5-3-2-4-6-13/h2-7,15H,8-12H2,1H3. The van der Waals surface area contributed by atoms with Crippen LogP contribution >= 0.6 is 0 Å². The zero-order valence-electron chi connectivity index (χ0n) is 9.95. The third-order valence-electron chi connectivity index (χ3n) is 3.12. The molecule has 0 spiro atoms. The van der Waals surface area contributed by atoms with Gasteiger partial charge < -0.3 is 5.32 Å². The van der Waals surface area contributed by atoms with E-state index < -0.39 is 0 Å². The van der Waals surface area contributed by atoms with Crippen LogP contribution in [0.25, 0.3) is 5.57 Å². The van der Waals surface area contributed by atoms with E-state index in [1.54, 1.807) is 0 Å². The molecule has 0 saturated heterocycles. The van der Waals surface area contributed by atoms with E-state index in [4.69, 9.17) is 0 Å². The van der Waals surface area contributed by atoms with E-state index in [9.17, 15) is 0 Å². The number of benzene rings is 1. The van der Waals surface area contributed by atoms with Crippen molar-refractivity contribution in [3.8, 4) is 0 Å². The summed E-state index contributed by atoms with van der Waals surface area (Å²) in [4.78, 5) is 2.49. The van der Waals surface area contributed by atoms with Gasteiger partial charge in [-0.25, -0.2) is 0 Å². The van der Waals surface area contributed by atoms with Crippen LogP contribution in [0.15, 0.2) is 36.4 Å². The Kier molecular flexibility index (Phi) is 4.14. The van der Waals surface area contributed by atoms with Crippen molar-refractivity contribution in [3.63, 3.8) is 0 Å². The second-order valence-electron chi connectivity index (χ2n) is 4.25. The Morgan fingerprint density at radius 3 is 2.69 bits per heavy atom. The van der Waals surface area contributed by atoms with Gasteiger partial charge >= 0.3 is 0 Å². The molecule has 2 rings (SSSR count). The van der Waals surface area contributed by atoms with Crippen molar-refractivity contribution in [1.82, 2.24) is 10.2 Å². The maximum absolute atomic E-state index is 3.20. The van der Waals surface area contributed by atoms with Crippen LogP contribution in [0.1, 0.15) is 12.0 Å². The monoisotopic (exact) mass is 216 g/mol. The maximum atomic E-state index is 3.20. The van der Waals surface area contributed by atoms with Crippen molar-refractivity contribution in [3.05, 3.63) is 42.0 Å². The van der Waals surface area contributed by atoms with Crippen LogP contribution < -0.4 is 5.32 Å². The molecule has 2 heteroatoms. The van der Waals surface area contributed by atoms with E-state index in [1.807, 2.05) is 7.05 Å². The van der Waals surface area contributed by atoms with Gasteiger partial charge in [0, 0.05) is 26.2 Å². The summed E-state index contributed by atoms with van der Waals surface area (Å²) in [6, 6.07) is 10.7. The van der Waals surface area contributed by atoms with E-state index in [0.29, 0.717) is 0 Å². The van der Waals surface area contributed by atoms with E-state index in [1.165, 1.54) is 24.1 Å². The summed E-state index contributed by atoms with van der Waals surface area (Å²) in [7, 11) is 2.01. The summed E-state index contributed by atoms with van der Waals surface area (Å²) in [5.74, 6) is 0. The zero-order valence-corrected chi connectivity index (χ0v) is 9.95. The molecule has 1 N–H and O–H groups in total. The van der Waals surface area contributed by atoms with Crippen molar-refractivity contribution >= 4 is 5.57 Å². The van der Waals surface area contributed by atoms with Crippen LogP contribution in [0.4, 0.5) is 0 Å². The van der Waals surface area contributed by atoms with Crippen LogP contribution in [0.5, 0.6) is 0 Å². The van der Waals surface area contributed by atoms with Crippen molar-refractivity contribution in [2.45, 2.75) is 6.42 Å². The number of nitrogens with one attached hydrogen (secondary N) is 1. The first-order chi connectivity index (χ1) is 7.90. The molecule has 0 unspecified atom stereocenters. The van der Waals surface area contributed by atoms with E-state index in [2.05, 4.69) is 46.6 Å². The molecular weight excluding hydrogens is 196 g/mol. The molecule has 1 aliphatic rings. The summed E-state index contributed by atoms with van der Waals surface area (Å²) < 4.78 is 0. The van der Waals surface area contributed by atoms with Gasteiger partial charge in [-0.05, 0) is 24.6 Å². The lowest BCUT2D eigenvalue weighted by atomic mass is 10.00. The van der Waals surface area contributed by atoms with Gasteiger partial charge in [-0.15, -0.1) is 0 Å². The molecule has 0 radical (unpaired) electrons. The average molecular weight is 216 g/mol. The van der Waals surface area contributed by atoms with Gasteiger partial charge in [0.15, 0.2) is 0 Å². The molecular formula is C14H20N2. The molecule has 1 aromatic rings. The first-order valence-electron chi connectivity index (χ1n) is 6.01. The average Bonchev–Trinajstić information content (AvgIpc) is 2.38. The molecule has 0 bridgehead atoms. The van der Waals surface area contributed by atoms with Gasteiger partial charge in [0.25, 0.3) is 0 Å². The fourth-order valence-corrected chi connectivity index (χ4v) is 2.10. The van der Waals surface area contributed by atoms with Crippen molar-refractivity contribution < 1.29 is 0 Å². The fraction of sp³-hybridized carbons (Fsp3) is 0.429. The van der Waals surface area contributed by atoms with Gasteiger partial charge in [0.05, 0.1) is 0 Å². The highest BCUT2D eigenvalue weighted by molar-refractivity contribution is 5.66. The lowest BCUT2D eigenvalue weighted by Gasteiger charge is -2.26. The van der Waals surface area contributed by atoms with E-state index >= 15 is 0 Å². The van der Waals surface area contributed by atoms with Gasteiger partial charge in [0.1, 0.15) is 0 Å². The van der Waals surface area contributed by atoms with E-state index in [0.717, 1.165) is 19.6 Å². The normalized spacial score (nSPS) is 17.2. The summed E-state index contributed by atoms with van der Waals surface area (Å²) in [5, 5.41) is 3.20. The third-order valence-corrected chi connectivity index (χ3v) is 3.12. The van der Waals surface area contributed by atoms with Gasteiger partial charge in [-0.2, -0.15) is 0 Å². The minimum atomic E-state index is 1.08. The zero-order chi connectivity index (χ0) is 11.2. The predicted molar refractivity (Wildman–Crippen MR) is 69.4 cm³/mol. The first-order valence-corrected chi connectivity index (χ1v) is 6.01. The Labute approximate surface area is 98.0 Å². The highest BCUT2D eigenvalue weighted by atomic mass is 15.1. The largest absolute Gasteiger partial charge is 0.318 e. The molecule has 86 valence electrons. The number of nitrogens with zero attached hydrogens (tertiary/aromatic N) is 1. The van der Waals surface area contributed by atoms with Gasteiger partial charge in [0.2, 0.25) is 0 Å². The molecule has 0 aliphatic carbocycles. The molecule has 0 fully saturated rings. The number of hydrogen-bond donors (Lipinski definition) is 1. The molecule has 2 nitrogen and oxygen atoms in total. The molecule has 0 amide bonds. The van der Waals surface area contributed by atoms with Crippen LogP contribution in [-0.2, 0) is 0 Å². The Bertz CT molecular complexity index is 343. The van der Waals surface area contributed by atoms with Crippen molar-refractivity contribution in [2.24, 2.45) is 0 Å². The van der Waals surface area contributed by atoms with Crippen LogP contribution in [0.3, 0.4) is 0 Å². The molecule has 0 aromatic heterocycles. The SMILES string of the molecule is CNCCN1CC=C(c2ccccc2)CC1. The Hall–Kier alpha value is -1.12. The highest BCUT2D eigenvalue weighted by Gasteiger charge is 2.11. The molecule has 16 heavy (non-hydrogen) atoms. The molecule has 1 heterocycles. The van der Waals surface area contributed by atoms with Crippen LogP contribution in [-0.4, -0.2) is 38.1 Å². The summed E-state index contributed by atoms with van der Waals surface area (Å²) in [5.41, 5.74) is 2.89. The Morgan fingerprint density at radius 1 is 1.25 bits per heavy atom.